The Kier molecular flexibility index (Phi) is 12.7. The van der Waals surface area contributed by atoms with E-state index in [4.69, 9.17) is 42.6 Å². The van der Waals surface area contributed by atoms with Crippen molar-refractivity contribution in [3.05, 3.63) is 11.6 Å². The number of aliphatic hydroxyl groups is 7. The topological polar surface area (TPSA) is 225 Å². The lowest BCUT2D eigenvalue weighted by atomic mass is 9.42. The Morgan fingerprint density at radius 2 is 1.33 bits per heavy atom. The van der Waals surface area contributed by atoms with Crippen molar-refractivity contribution in [2.75, 3.05) is 21.3 Å². The Balaban J connectivity index is 0.969. The molecule has 334 valence electrons. The van der Waals surface area contributed by atoms with E-state index >= 15 is 0 Å². The SMILES string of the molecule is CO[C@@H]1[C@@H](O)[C@H](O[C@H]2[C@@H](OC)C[C@H](O[C@H]3[C@@H](OC)C[C@H](O[C@H]4CC[C@@]5(C)C(=CC[C@]6(O)[C@@H]5C[C@@H](O)[C@@]5(C)[C@@]6(O)CC[C@@]5(O)C(C)O)C4)O[C@@H]3C)O[C@@H]2C)O[C@H](C)[C@H]1O. The summed E-state index contributed by atoms with van der Waals surface area (Å²) in [6.07, 6.45) is -6.32. The van der Waals surface area contributed by atoms with E-state index < -0.39 is 120 Å². The fourth-order valence-electron chi connectivity index (χ4n) is 12.4. The first kappa shape index (κ1) is 45.1. The van der Waals surface area contributed by atoms with Gasteiger partial charge in [-0.15, -0.1) is 0 Å². The van der Waals surface area contributed by atoms with E-state index in [9.17, 15) is 35.7 Å². The van der Waals surface area contributed by atoms with Crippen LogP contribution in [-0.2, 0) is 42.6 Å². The van der Waals surface area contributed by atoms with E-state index in [-0.39, 0.29) is 37.9 Å². The van der Waals surface area contributed by atoms with Gasteiger partial charge >= 0.3 is 0 Å². The number of ether oxygens (including phenoxy) is 9. The lowest BCUT2D eigenvalue weighted by Crippen LogP contribution is -2.78. The number of aliphatic hydroxyl groups excluding tert-OH is 4. The van der Waals surface area contributed by atoms with Crippen molar-refractivity contribution in [3.8, 4) is 0 Å². The summed E-state index contributed by atoms with van der Waals surface area (Å²) < 4.78 is 55.1. The number of hydrogen-bond acceptors (Lipinski definition) is 16. The molecule has 7 aliphatic rings. The van der Waals surface area contributed by atoms with Gasteiger partial charge in [-0.1, -0.05) is 25.5 Å². The predicted molar refractivity (Wildman–Crippen MR) is 204 cm³/mol. The summed E-state index contributed by atoms with van der Waals surface area (Å²) in [5.74, 6) is -0.468. The van der Waals surface area contributed by atoms with Crippen LogP contribution in [-0.4, -0.2) is 172 Å². The minimum Gasteiger partial charge on any atom is -0.392 e. The third kappa shape index (κ3) is 6.88. The fourth-order valence-corrected chi connectivity index (χ4v) is 12.4. The Morgan fingerprint density at radius 1 is 0.724 bits per heavy atom. The van der Waals surface area contributed by atoms with Crippen molar-refractivity contribution in [1.29, 1.82) is 0 Å². The average Bonchev–Trinajstić information content (AvgIpc) is 3.41. The lowest BCUT2D eigenvalue weighted by Gasteiger charge is -2.67. The first-order valence-corrected chi connectivity index (χ1v) is 21.3. The molecular weight excluding hydrogens is 760 g/mol. The van der Waals surface area contributed by atoms with E-state index in [1.54, 1.807) is 28.1 Å². The van der Waals surface area contributed by atoms with Crippen LogP contribution in [0.1, 0.15) is 99.3 Å². The molecule has 0 radical (unpaired) electrons. The molecule has 22 atom stereocenters. The number of hydrogen-bond donors (Lipinski definition) is 7. The molecule has 1 unspecified atom stereocenters. The molecule has 3 heterocycles. The van der Waals surface area contributed by atoms with Crippen molar-refractivity contribution in [2.45, 2.75) is 214 Å². The maximum Gasteiger partial charge on any atom is 0.187 e. The minimum atomic E-state index is -1.81. The van der Waals surface area contributed by atoms with E-state index in [1.807, 2.05) is 19.9 Å². The smallest absolute Gasteiger partial charge is 0.187 e. The molecule has 3 aliphatic heterocycles. The zero-order chi connectivity index (χ0) is 42.3. The standard InChI is InChI=1S/C42H70O16/c1-20-32(45)36(52-9)33(46)37(55-20)58-35-22(3)54-31(18-27(35)51-8)57-34-21(2)53-30(17-26(34)50-7)56-25-11-12-38(5)24(16-25)10-13-41(48)28(38)19-29(44)39(6)40(47,23(4)43)14-15-42(39,41)49/h10,20-23,25-37,43-49H,11-19H2,1-9H3/t20-,21-,22-,23?,25+,26+,27+,28-,29-,30+,31+,32-,33-,34-,35-,36+,37+,38+,39-,40-,41+,42+/m1/s1. The number of rotatable bonds is 10. The second-order valence-electron chi connectivity index (χ2n) is 18.9. The van der Waals surface area contributed by atoms with Gasteiger partial charge in [0.1, 0.15) is 47.3 Å². The predicted octanol–water partition coefficient (Wildman–Crippen LogP) is 1.20. The Labute approximate surface area is 342 Å². The van der Waals surface area contributed by atoms with Crippen LogP contribution in [0.5, 0.6) is 0 Å². The van der Waals surface area contributed by atoms with Gasteiger partial charge in [0.2, 0.25) is 0 Å². The molecule has 16 heteroatoms. The molecule has 3 saturated carbocycles. The molecule has 58 heavy (non-hydrogen) atoms. The average molecular weight is 831 g/mol. The zero-order valence-electron chi connectivity index (χ0n) is 35.6. The van der Waals surface area contributed by atoms with Crippen LogP contribution in [0.15, 0.2) is 11.6 Å². The Bertz CT molecular complexity index is 1480. The van der Waals surface area contributed by atoms with Gasteiger partial charge in [-0.3, -0.25) is 0 Å². The molecule has 7 rings (SSSR count). The Morgan fingerprint density at radius 3 is 1.91 bits per heavy atom. The molecule has 6 fully saturated rings. The van der Waals surface area contributed by atoms with Gasteiger partial charge in [-0.25, -0.2) is 0 Å². The van der Waals surface area contributed by atoms with E-state index in [0.29, 0.717) is 32.1 Å². The van der Waals surface area contributed by atoms with Crippen LogP contribution < -0.4 is 0 Å². The van der Waals surface area contributed by atoms with Crippen molar-refractivity contribution < 1.29 is 78.4 Å². The molecule has 4 aliphatic carbocycles. The summed E-state index contributed by atoms with van der Waals surface area (Å²) in [5, 5.41) is 80.1. The normalized spacial score (nSPS) is 55.2. The van der Waals surface area contributed by atoms with Crippen molar-refractivity contribution in [1.82, 2.24) is 0 Å². The highest BCUT2D eigenvalue weighted by atomic mass is 16.8. The molecule has 0 aromatic carbocycles. The highest BCUT2D eigenvalue weighted by molar-refractivity contribution is 5.36. The van der Waals surface area contributed by atoms with Crippen LogP contribution in [0.4, 0.5) is 0 Å². The van der Waals surface area contributed by atoms with Crippen molar-refractivity contribution in [2.24, 2.45) is 16.7 Å². The second-order valence-corrected chi connectivity index (χ2v) is 18.9. The van der Waals surface area contributed by atoms with Gasteiger partial charge in [-0.05, 0) is 78.1 Å². The quantitative estimate of drug-likeness (QED) is 0.154. The summed E-state index contributed by atoms with van der Waals surface area (Å²) in [6, 6.07) is 0. The van der Waals surface area contributed by atoms with Crippen LogP contribution in [0.2, 0.25) is 0 Å². The van der Waals surface area contributed by atoms with Gasteiger partial charge in [-0.2, -0.15) is 0 Å². The molecular formula is C42H70O16. The summed E-state index contributed by atoms with van der Waals surface area (Å²) in [6.45, 7) is 10.6. The summed E-state index contributed by atoms with van der Waals surface area (Å²) in [4.78, 5) is 0. The van der Waals surface area contributed by atoms with Crippen LogP contribution in [0.25, 0.3) is 0 Å². The van der Waals surface area contributed by atoms with Crippen molar-refractivity contribution >= 4 is 0 Å². The highest BCUT2D eigenvalue weighted by Crippen LogP contribution is 2.70. The molecule has 0 amide bonds. The first-order chi connectivity index (χ1) is 27.2. The van der Waals surface area contributed by atoms with Gasteiger partial charge < -0.3 is 78.4 Å². The second kappa shape index (κ2) is 16.3. The monoisotopic (exact) mass is 830 g/mol. The molecule has 0 spiro atoms. The molecule has 7 N–H and O–H groups in total. The summed E-state index contributed by atoms with van der Waals surface area (Å²) in [5.41, 5.74) is -6.09. The fraction of sp³-hybridized carbons (Fsp3) is 0.952. The highest BCUT2D eigenvalue weighted by Gasteiger charge is 2.80. The van der Waals surface area contributed by atoms with E-state index in [1.165, 1.54) is 14.0 Å². The van der Waals surface area contributed by atoms with Gasteiger partial charge in [0, 0.05) is 40.1 Å². The van der Waals surface area contributed by atoms with E-state index in [0.717, 1.165) is 5.57 Å². The van der Waals surface area contributed by atoms with Crippen LogP contribution in [0, 0.1) is 16.7 Å². The third-order valence-corrected chi connectivity index (χ3v) is 16.2. The van der Waals surface area contributed by atoms with Gasteiger partial charge in [0.05, 0.1) is 54.2 Å². The Hall–Kier alpha value is -0.900. The molecule has 0 aromatic heterocycles. The number of fused-ring (bicyclic) bond motifs is 5. The van der Waals surface area contributed by atoms with Gasteiger partial charge in [0.15, 0.2) is 18.9 Å². The largest absolute Gasteiger partial charge is 0.392 e. The summed E-state index contributed by atoms with van der Waals surface area (Å²) in [7, 11) is 4.63. The molecule has 0 bridgehead atoms. The maximum absolute atomic E-state index is 12.5. The first-order valence-electron chi connectivity index (χ1n) is 21.3. The minimum absolute atomic E-state index is 0.0681. The number of methoxy groups -OCH3 is 3. The van der Waals surface area contributed by atoms with Crippen LogP contribution in [0.3, 0.4) is 0 Å². The maximum atomic E-state index is 12.5. The van der Waals surface area contributed by atoms with Crippen LogP contribution >= 0.6 is 0 Å². The lowest BCUT2D eigenvalue weighted by molar-refractivity contribution is -0.352. The van der Waals surface area contributed by atoms with E-state index in [2.05, 4.69) is 6.92 Å². The molecule has 0 aromatic rings. The third-order valence-electron chi connectivity index (χ3n) is 16.2. The van der Waals surface area contributed by atoms with Gasteiger partial charge in [0.25, 0.3) is 0 Å². The van der Waals surface area contributed by atoms with Crippen molar-refractivity contribution in [3.63, 3.8) is 0 Å². The molecule has 16 nitrogen and oxygen atoms in total. The zero-order valence-corrected chi connectivity index (χ0v) is 35.6. The molecule has 3 saturated heterocycles. The summed E-state index contributed by atoms with van der Waals surface area (Å²) >= 11 is 0.